The van der Waals surface area contributed by atoms with E-state index in [-0.39, 0.29) is 0 Å². The maximum Gasteiger partial charge on any atom is 0.213 e. The molecule has 1 aromatic rings. The van der Waals surface area contributed by atoms with Crippen molar-refractivity contribution >= 4 is 0 Å². The molecule has 0 aliphatic heterocycles. The van der Waals surface area contributed by atoms with E-state index < -0.39 is 0 Å². The Kier molecular flexibility index (Phi) is 1.75. The molecule has 12 heavy (non-hydrogen) atoms. The number of methoxy groups -OCH3 is 1. The molecular formula is C10H12NO. The highest BCUT2D eigenvalue weighted by Crippen LogP contribution is 2.41. The first-order valence-corrected chi connectivity index (χ1v) is 4.18. The van der Waals surface area contributed by atoms with Crippen LogP contribution in [0.5, 0.6) is 5.88 Å². The van der Waals surface area contributed by atoms with Gasteiger partial charge in [-0.3, -0.25) is 0 Å². The van der Waals surface area contributed by atoms with E-state index in [0.717, 1.165) is 11.6 Å². The van der Waals surface area contributed by atoms with E-state index in [1.54, 1.807) is 7.11 Å². The molecule has 0 spiro atoms. The zero-order valence-corrected chi connectivity index (χ0v) is 7.21. The molecule has 0 bridgehead atoms. The molecule has 0 amide bonds. The monoisotopic (exact) mass is 162 g/mol. The van der Waals surface area contributed by atoms with Crippen LogP contribution in [0.1, 0.15) is 30.0 Å². The van der Waals surface area contributed by atoms with Crippen LogP contribution in [0.25, 0.3) is 0 Å². The van der Waals surface area contributed by atoms with Crippen LogP contribution in [-0.2, 0) is 0 Å². The lowest BCUT2D eigenvalue weighted by molar-refractivity contribution is 0.397. The normalized spacial score (nSPS) is 16.2. The number of ether oxygens (including phenoxy) is 1. The Morgan fingerprint density at radius 1 is 1.50 bits per heavy atom. The number of nitrogens with zero attached hydrogens (tertiary/aromatic N) is 1. The van der Waals surface area contributed by atoms with Crippen molar-refractivity contribution in [3.05, 3.63) is 30.3 Å². The fourth-order valence-electron chi connectivity index (χ4n) is 1.37. The van der Waals surface area contributed by atoms with Gasteiger partial charge in [0.05, 0.1) is 7.11 Å². The number of aromatic nitrogens is 1. The van der Waals surface area contributed by atoms with E-state index in [4.69, 9.17) is 4.74 Å². The summed E-state index contributed by atoms with van der Waals surface area (Å²) in [7, 11) is 1.62. The lowest BCUT2D eigenvalue weighted by Gasteiger charge is -2.04. The summed E-state index contributed by atoms with van der Waals surface area (Å²) < 4.78 is 5.00. The molecule has 2 heteroatoms. The van der Waals surface area contributed by atoms with Gasteiger partial charge in [-0.25, -0.2) is 4.98 Å². The molecule has 1 aliphatic rings. The third-order valence-electron chi connectivity index (χ3n) is 2.21. The SMILES string of the molecule is [CH2]c1nc(OC)ccc1C1CC1. The molecule has 1 heterocycles. The van der Waals surface area contributed by atoms with Crippen molar-refractivity contribution in [2.45, 2.75) is 18.8 Å². The topological polar surface area (TPSA) is 22.1 Å². The van der Waals surface area contributed by atoms with Gasteiger partial charge >= 0.3 is 0 Å². The summed E-state index contributed by atoms with van der Waals surface area (Å²) in [5.74, 6) is 1.38. The van der Waals surface area contributed by atoms with Gasteiger partial charge in [0, 0.05) is 11.8 Å². The van der Waals surface area contributed by atoms with Crippen molar-refractivity contribution < 1.29 is 4.74 Å². The van der Waals surface area contributed by atoms with Crippen LogP contribution in [-0.4, -0.2) is 12.1 Å². The Morgan fingerprint density at radius 2 is 2.25 bits per heavy atom. The van der Waals surface area contributed by atoms with E-state index in [0.29, 0.717) is 5.88 Å². The number of rotatable bonds is 2. The molecule has 0 unspecified atom stereocenters. The highest BCUT2D eigenvalue weighted by Gasteiger charge is 2.25. The average molecular weight is 162 g/mol. The van der Waals surface area contributed by atoms with E-state index in [1.165, 1.54) is 18.4 Å². The highest BCUT2D eigenvalue weighted by atomic mass is 16.5. The van der Waals surface area contributed by atoms with E-state index in [1.807, 2.05) is 6.07 Å². The molecule has 1 radical (unpaired) electrons. The van der Waals surface area contributed by atoms with Crippen LogP contribution in [0.2, 0.25) is 0 Å². The Bertz CT molecular complexity index is 292. The molecule has 1 saturated carbocycles. The summed E-state index contributed by atoms with van der Waals surface area (Å²) in [6.07, 6.45) is 2.58. The minimum atomic E-state index is 0.657. The molecule has 0 atom stereocenters. The van der Waals surface area contributed by atoms with Crippen molar-refractivity contribution in [2.24, 2.45) is 0 Å². The fourth-order valence-corrected chi connectivity index (χ4v) is 1.37. The highest BCUT2D eigenvalue weighted by molar-refractivity contribution is 5.33. The van der Waals surface area contributed by atoms with Gasteiger partial charge in [0.25, 0.3) is 0 Å². The quantitative estimate of drug-likeness (QED) is 0.664. The summed E-state index contributed by atoms with van der Waals surface area (Å²) in [6.45, 7) is 3.90. The Labute approximate surface area is 72.6 Å². The molecule has 1 aliphatic carbocycles. The second-order valence-electron chi connectivity index (χ2n) is 3.16. The van der Waals surface area contributed by atoms with Gasteiger partial charge in [0.2, 0.25) is 5.88 Å². The van der Waals surface area contributed by atoms with Gasteiger partial charge in [-0.2, -0.15) is 0 Å². The van der Waals surface area contributed by atoms with Crippen LogP contribution in [0.4, 0.5) is 0 Å². The maximum atomic E-state index is 5.00. The Morgan fingerprint density at radius 3 is 2.75 bits per heavy atom. The molecule has 2 rings (SSSR count). The second kappa shape index (κ2) is 2.77. The first kappa shape index (κ1) is 7.59. The molecule has 1 aromatic heterocycles. The summed E-state index contributed by atoms with van der Waals surface area (Å²) >= 11 is 0. The van der Waals surface area contributed by atoms with Gasteiger partial charge in [-0.15, -0.1) is 0 Å². The van der Waals surface area contributed by atoms with Gasteiger partial charge < -0.3 is 4.74 Å². The Balaban J connectivity index is 2.32. The van der Waals surface area contributed by atoms with Gasteiger partial charge in [0.1, 0.15) is 0 Å². The molecule has 63 valence electrons. The first-order valence-electron chi connectivity index (χ1n) is 4.18. The predicted molar refractivity (Wildman–Crippen MR) is 47.2 cm³/mol. The minimum absolute atomic E-state index is 0.657. The minimum Gasteiger partial charge on any atom is -0.481 e. The molecule has 0 N–H and O–H groups in total. The first-order chi connectivity index (χ1) is 5.81. The summed E-state index contributed by atoms with van der Waals surface area (Å²) in [6, 6.07) is 3.98. The lowest BCUT2D eigenvalue weighted by Crippen LogP contribution is -1.93. The molecule has 2 nitrogen and oxygen atoms in total. The van der Waals surface area contributed by atoms with Crippen LogP contribution in [0, 0.1) is 6.92 Å². The zero-order valence-electron chi connectivity index (χ0n) is 7.21. The molecule has 1 fully saturated rings. The number of hydrogen-bond acceptors (Lipinski definition) is 2. The van der Waals surface area contributed by atoms with Crippen molar-refractivity contribution in [3.63, 3.8) is 0 Å². The van der Waals surface area contributed by atoms with Gasteiger partial charge in [-0.05, 0) is 31.2 Å². The van der Waals surface area contributed by atoms with Crippen LogP contribution in [0.15, 0.2) is 12.1 Å². The average Bonchev–Trinajstić information content (AvgIpc) is 2.87. The summed E-state index contributed by atoms with van der Waals surface area (Å²) in [4.78, 5) is 4.22. The van der Waals surface area contributed by atoms with Crippen LogP contribution in [0.3, 0.4) is 0 Å². The van der Waals surface area contributed by atoms with E-state index in [9.17, 15) is 0 Å². The Hall–Kier alpha value is -1.05. The van der Waals surface area contributed by atoms with Crippen molar-refractivity contribution in [3.8, 4) is 5.88 Å². The second-order valence-corrected chi connectivity index (χ2v) is 3.16. The van der Waals surface area contributed by atoms with Gasteiger partial charge in [-0.1, -0.05) is 6.07 Å². The zero-order chi connectivity index (χ0) is 8.55. The predicted octanol–water partition coefficient (Wildman–Crippen LogP) is 2.15. The number of hydrogen-bond donors (Lipinski definition) is 0. The smallest absolute Gasteiger partial charge is 0.213 e. The van der Waals surface area contributed by atoms with Crippen LogP contribution >= 0.6 is 0 Å². The molecule has 0 aromatic carbocycles. The van der Waals surface area contributed by atoms with E-state index >= 15 is 0 Å². The van der Waals surface area contributed by atoms with Crippen molar-refractivity contribution in [1.82, 2.24) is 4.98 Å². The van der Waals surface area contributed by atoms with Crippen molar-refractivity contribution in [1.29, 1.82) is 0 Å². The van der Waals surface area contributed by atoms with Crippen LogP contribution < -0.4 is 4.74 Å². The van der Waals surface area contributed by atoms with Crippen molar-refractivity contribution in [2.75, 3.05) is 7.11 Å². The third-order valence-corrected chi connectivity index (χ3v) is 2.21. The largest absolute Gasteiger partial charge is 0.481 e. The number of pyridine rings is 1. The summed E-state index contributed by atoms with van der Waals surface area (Å²) in [5, 5.41) is 0. The standard InChI is InChI=1S/C10H12NO/c1-7-9(8-3-4-8)5-6-10(11-7)12-2/h5-6,8H,1,3-4H2,2H3. The molecular weight excluding hydrogens is 150 g/mol. The van der Waals surface area contributed by atoms with Gasteiger partial charge in [0.15, 0.2) is 0 Å². The third kappa shape index (κ3) is 1.29. The maximum absolute atomic E-state index is 5.00. The summed E-state index contributed by atoms with van der Waals surface area (Å²) in [5.41, 5.74) is 2.16. The lowest BCUT2D eigenvalue weighted by atomic mass is 10.1. The molecule has 0 saturated heterocycles. The fraction of sp³-hybridized carbons (Fsp3) is 0.400. The van der Waals surface area contributed by atoms with E-state index in [2.05, 4.69) is 18.0 Å².